The zero-order valence-corrected chi connectivity index (χ0v) is 12.6. The molecule has 0 radical (unpaired) electrons. The molecule has 4 rings (SSSR count). The van der Waals surface area contributed by atoms with Crippen LogP contribution < -0.4 is 0 Å². The Balaban J connectivity index is 1.98. The molecule has 0 amide bonds. The normalized spacial score (nSPS) is 12.4. The number of hydrogen-bond donors (Lipinski definition) is 0. The first-order valence-electron chi connectivity index (χ1n) is 7.69. The average molecular weight is 301 g/mol. The van der Waals surface area contributed by atoms with Crippen molar-refractivity contribution in [1.82, 2.24) is 4.57 Å². The summed E-state index contributed by atoms with van der Waals surface area (Å²) < 4.78 is 16.6. The Morgan fingerprint density at radius 3 is 2.22 bits per heavy atom. The summed E-state index contributed by atoms with van der Waals surface area (Å²) in [5.74, 6) is -0.181. The highest BCUT2D eigenvalue weighted by Gasteiger charge is 2.20. The van der Waals surface area contributed by atoms with Gasteiger partial charge in [0.2, 0.25) is 0 Å². The Labute approximate surface area is 134 Å². The molecule has 0 saturated heterocycles. The SMILES string of the molecule is Fc1ccccc1C(c1ccccc1)n1ccc2ccccc21. The van der Waals surface area contributed by atoms with Gasteiger partial charge >= 0.3 is 0 Å². The molecule has 1 aromatic heterocycles. The molecule has 0 aliphatic heterocycles. The van der Waals surface area contributed by atoms with Crippen LogP contribution in [0.2, 0.25) is 0 Å². The van der Waals surface area contributed by atoms with Crippen LogP contribution in [0, 0.1) is 5.82 Å². The Morgan fingerprint density at radius 1 is 0.696 bits per heavy atom. The van der Waals surface area contributed by atoms with Crippen LogP contribution in [-0.4, -0.2) is 4.57 Å². The molecule has 112 valence electrons. The fraction of sp³-hybridized carbons (Fsp3) is 0.0476. The molecule has 1 nitrogen and oxygen atoms in total. The highest BCUT2D eigenvalue weighted by Crippen LogP contribution is 2.32. The summed E-state index contributed by atoms with van der Waals surface area (Å²) in [4.78, 5) is 0. The highest BCUT2D eigenvalue weighted by atomic mass is 19.1. The molecule has 2 heteroatoms. The van der Waals surface area contributed by atoms with E-state index in [2.05, 4.69) is 22.8 Å². The number of aromatic nitrogens is 1. The van der Waals surface area contributed by atoms with Gasteiger partial charge in [-0.3, -0.25) is 0 Å². The van der Waals surface area contributed by atoms with Crippen molar-refractivity contribution in [3.05, 3.63) is 108 Å². The Bertz CT molecular complexity index is 940. The van der Waals surface area contributed by atoms with Crippen LogP contribution in [0.5, 0.6) is 0 Å². The first-order valence-corrected chi connectivity index (χ1v) is 7.69. The zero-order valence-electron chi connectivity index (χ0n) is 12.6. The molecule has 0 aliphatic carbocycles. The lowest BCUT2D eigenvalue weighted by Crippen LogP contribution is -2.12. The quantitative estimate of drug-likeness (QED) is 0.476. The molecule has 0 saturated carbocycles. The van der Waals surface area contributed by atoms with Crippen molar-refractivity contribution in [2.75, 3.05) is 0 Å². The van der Waals surface area contributed by atoms with Crippen LogP contribution in [0.15, 0.2) is 91.1 Å². The third-order valence-corrected chi connectivity index (χ3v) is 4.22. The lowest BCUT2D eigenvalue weighted by Gasteiger charge is -2.22. The molecular formula is C21H16FN. The van der Waals surface area contributed by atoms with Crippen molar-refractivity contribution in [2.45, 2.75) is 6.04 Å². The number of rotatable bonds is 3. The van der Waals surface area contributed by atoms with E-state index >= 15 is 0 Å². The fourth-order valence-corrected chi connectivity index (χ4v) is 3.15. The fourth-order valence-electron chi connectivity index (χ4n) is 3.15. The number of nitrogens with zero attached hydrogens (tertiary/aromatic N) is 1. The lowest BCUT2D eigenvalue weighted by molar-refractivity contribution is 0.579. The van der Waals surface area contributed by atoms with E-state index in [1.165, 1.54) is 6.07 Å². The number of para-hydroxylation sites is 1. The van der Waals surface area contributed by atoms with Crippen molar-refractivity contribution < 1.29 is 4.39 Å². The van der Waals surface area contributed by atoms with Gasteiger partial charge in [0, 0.05) is 17.3 Å². The van der Waals surface area contributed by atoms with Crippen LogP contribution >= 0.6 is 0 Å². The van der Waals surface area contributed by atoms with Crippen LogP contribution in [-0.2, 0) is 0 Å². The van der Waals surface area contributed by atoms with Gasteiger partial charge in [0.1, 0.15) is 5.82 Å². The third kappa shape index (κ3) is 2.42. The van der Waals surface area contributed by atoms with Crippen molar-refractivity contribution >= 4 is 10.9 Å². The highest BCUT2D eigenvalue weighted by molar-refractivity contribution is 5.80. The van der Waals surface area contributed by atoms with Gasteiger partial charge in [0.15, 0.2) is 0 Å². The molecule has 1 atom stereocenters. The molecule has 0 spiro atoms. The van der Waals surface area contributed by atoms with E-state index in [-0.39, 0.29) is 11.9 Å². The number of benzene rings is 3. The largest absolute Gasteiger partial charge is 0.336 e. The van der Waals surface area contributed by atoms with Gasteiger partial charge in [-0.15, -0.1) is 0 Å². The van der Waals surface area contributed by atoms with E-state index in [0.717, 1.165) is 16.5 Å². The molecule has 1 unspecified atom stereocenters. The Morgan fingerprint density at radius 2 is 1.39 bits per heavy atom. The predicted molar refractivity (Wildman–Crippen MR) is 92.0 cm³/mol. The van der Waals surface area contributed by atoms with Gasteiger partial charge in [-0.25, -0.2) is 4.39 Å². The maximum atomic E-state index is 14.5. The van der Waals surface area contributed by atoms with E-state index in [4.69, 9.17) is 0 Å². The summed E-state index contributed by atoms with van der Waals surface area (Å²) in [5.41, 5.74) is 2.85. The zero-order chi connectivity index (χ0) is 15.6. The minimum Gasteiger partial charge on any atom is -0.336 e. The summed E-state index contributed by atoms with van der Waals surface area (Å²) in [6.45, 7) is 0. The van der Waals surface area contributed by atoms with Crippen LogP contribution in [0.4, 0.5) is 4.39 Å². The van der Waals surface area contributed by atoms with E-state index in [0.29, 0.717) is 5.56 Å². The summed E-state index contributed by atoms with van der Waals surface area (Å²) >= 11 is 0. The van der Waals surface area contributed by atoms with Crippen LogP contribution in [0.25, 0.3) is 10.9 Å². The van der Waals surface area contributed by atoms with Crippen molar-refractivity contribution in [3.8, 4) is 0 Å². The second-order valence-electron chi connectivity index (χ2n) is 5.62. The van der Waals surface area contributed by atoms with E-state index in [9.17, 15) is 4.39 Å². The molecule has 3 aromatic carbocycles. The second kappa shape index (κ2) is 5.73. The monoisotopic (exact) mass is 301 g/mol. The number of hydrogen-bond acceptors (Lipinski definition) is 0. The molecule has 0 bridgehead atoms. The molecule has 23 heavy (non-hydrogen) atoms. The van der Waals surface area contributed by atoms with Gasteiger partial charge in [0.05, 0.1) is 6.04 Å². The Kier molecular flexibility index (Phi) is 3.43. The van der Waals surface area contributed by atoms with Crippen molar-refractivity contribution in [2.24, 2.45) is 0 Å². The maximum absolute atomic E-state index is 14.5. The molecule has 1 heterocycles. The van der Waals surface area contributed by atoms with E-state index in [1.54, 1.807) is 6.07 Å². The van der Waals surface area contributed by atoms with Crippen molar-refractivity contribution in [1.29, 1.82) is 0 Å². The second-order valence-corrected chi connectivity index (χ2v) is 5.62. The topological polar surface area (TPSA) is 4.93 Å². The van der Waals surface area contributed by atoms with Gasteiger partial charge in [-0.05, 0) is 29.1 Å². The predicted octanol–water partition coefficient (Wildman–Crippen LogP) is 5.42. The standard InChI is InChI=1S/C21H16FN/c22-19-12-6-5-11-18(19)21(17-9-2-1-3-10-17)23-15-14-16-8-4-7-13-20(16)23/h1-15,21H. The summed E-state index contributed by atoms with van der Waals surface area (Å²) in [7, 11) is 0. The number of fused-ring (bicyclic) bond motifs is 1. The van der Waals surface area contributed by atoms with Gasteiger partial charge in [0.25, 0.3) is 0 Å². The van der Waals surface area contributed by atoms with E-state index < -0.39 is 0 Å². The van der Waals surface area contributed by atoms with Crippen LogP contribution in [0.1, 0.15) is 17.2 Å². The smallest absolute Gasteiger partial charge is 0.128 e. The summed E-state index contributed by atoms with van der Waals surface area (Å²) in [6.07, 6.45) is 2.04. The third-order valence-electron chi connectivity index (χ3n) is 4.22. The van der Waals surface area contributed by atoms with Gasteiger partial charge < -0.3 is 4.57 Å². The minimum absolute atomic E-state index is 0.181. The summed E-state index contributed by atoms with van der Waals surface area (Å²) in [5, 5.41) is 1.16. The van der Waals surface area contributed by atoms with Crippen molar-refractivity contribution in [3.63, 3.8) is 0 Å². The minimum atomic E-state index is -0.183. The summed E-state index contributed by atoms with van der Waals surface area (Å²) in [6, 6.07) is 27.2. The van der Waals surface area contributed by atoms with Gasteiger partial charge in [-0.2, -0.15) is 0 Å². The van der Waals surface area contributed by atoms with Crippen LogP contribution in [0.3, 0.4) is 0 Å². The Hall–Kier alpha value is -2.87. The lowest BCUT2D eigenvalue weighted by atomic mass is 9.97. The van der Waals surface area contributed by atoms with Gasteiger partial charge in [-0.1, -0.05) is 66.7 Å². The first kappa shape index (κ1) is 13.8. The van der Waals surface area contributed by atoms with E-state index in [1.807, 2.05) is 60.8 Å². The maximum Gasteiger partial charge on any atom is 0.128 e. The molecule has 4 aromatic rings. The number of halogens is 1. The molecule has 0 N–H and O–H groups in total. The molecule has 0 fully saturated rings. The average Bonchev–Trinajstić information content (AvgIpc) is 3.02. The molecular weight excluding hydrogens is 285 g/mol. The molecule has 0 aliphatic rings. The first-order chi connectivity index (χ1) is 11.3.